The molecule has 0 fully saturated rings. The Labute approximate surface area is 140 Å². The first kappa shape index (κ1) is 15.2. The van der Waals surface area contributed by atoms with Crippen LogP contribution in [0.5, 0.6) is 0 Å². The van der Waals surface area contributed by atoms with Crippen LogP contribution in [-0.4, -0.2) is 10.8 Å². The molecule has 2 N–H and O–H groups in total. The third kappa shape index (κ3) is 3.57. The molecule has 23 heavy (non-hydrogen) atoms. The number of para-hydroxylation sites is 2. The van der Waals surface area contributed by atoms with Crippen LogP contribution in [0, 0.1) is 6.92 Å². The Balaban J connectivity index is 1.69. The minimum Gasteiger partial charge on any atom is -0.455 e. The van der Waals surface area contributed by atoms with Crippen LogP contribution >= 0.6 is 12.2 Å². The fraction of sp³-hybridized carbons (Fsp3) is 0.111. The van der Waals surface area contributed by atoms with Crippen LogP contribution in [-0.2, 0) is 0 Å². The van der Waals surface area contributed by atoms with E-state index in [9.17, 15) is 0 Å². The lowest BCUT2D eigenvalue weighted by atomic mass is 10.2. The fourth-order valence-electron chi connectivity index (χ4n) is 2.21. The number of fused-ring (bicyclic) bond motifs is 1. The second-order valence-corrected chi connectivity index (χ2v) is 5.63. The highest BCUT2D eigenvalue weighted by Gasteiger charge is 2.06. The molecule has 0 aliphatic rings. The van der Waals surface area contributed by atoms with E-state index in [1.54, 1.807) is 0 Å². The summed E-state index contributed by atoms with van der Waals surface area (Å²) in [4.78, 5) is 0. The number of hydrogen-bond donors (Lipinski definition) is 2. The predicted octanol–water partition coefficient (Wildman–Crippen LogP) is 4.45. The van der Waals surface area contributed by atoms with Crippen LogP contribution in [0.15, 0.2) is 64.1 Å². The molecule has 0 bridgehead atoms. The smallest absolute Gasteiger partial charge is 0.191 e. The molecule has 0 aliphatic heterocycles. The number of nitrogens with zero attached hydrogens (tertiary/aromatic N) is 1. The Morgan fingerprint density at radius 2 is 1.83 bits per heavy atom. The molecule has 3 aromatic rings. The minimum atomic E-state index is 0.440. The number of furan rings is 1. The Kier molecular flexibility index (Phi) is 4.39. The molecular formula is C18H17N3OS. The maximum Gasteiger partial charge on any atom is 0.191 e. The average Bonchev–Trinajstić information content (AvgIpc) is 2.99. The molecule has 0 radical (unpaired) electrons. The van der Waals surface area contributed by atoms with Gasteiger partial charge in [0, 0.05) is 11.1 Å². The SMILES string of the molecule is C/C(=N/NC(=S)Nc1ccccc1C)c1cc2ccccc2o1. The van der Waals surface area contributed by atoms with Crippen molar-refractivity contribution in [2.75, 3.05) is 5.32 Å². The van der Waals surface area contributed by atoms with Gasteiger partial charge in [-0.15, -0.1) is 0 Å². The normalized spacial score (nSPS) is 11.5. The molecule has 0 saturated carbocycles. The molecule has 5 heteroatoms. The van der Waals surface area contributed by atoms with Gasteiger partial charge < -0.3 is 9.73 Å². The van der Waals surface area contributed by atoms with Gasteiger partial charge in [-0.1, -0.05) is 36.4 Å². The van der Waals surface area contributed by atoms with Gasteiger partial charge in [-0.2, -0.15) is 5.10 Å². The first-order valence-electron chi connectivity index (χ1n) is 7.29. The van der Waals surface area contributed by atoms with Gasteiger partial charge in [-0.3, -0.25) is 5.43 Å². The van der Waals surface area contributed by atoms with E-state index in [1.807, 2.05) is 68.4 Å². The number of rotatable bonds is 3. The molecule has 0 aliphatic carbocycles. The molecule has 3 rings (SSSR count). The highest BCUT2D eigenvalue weighted by atomic mass is 32.1. The average molecular weight is 323 g/mol. The third-order valence-corrected chi connectivity index (χ3v) is 3.69. The van der Waals surface area contributed by atoms with Crippen molar-refractivity contribution in [1.82, 2.24) is 5.43 Å². The molecule has 0 spiro atoms. The largest absolute Gasteiger partial charge is 0.455 e. The lowest BCUT2D eigenvalue weighted by molar-refractivity contribution is 0.603. The van der Waals surface area contributed by atoms with Gasteiger partial charge in [-0.05, 0) is 49.8 Å². The summed E-state index contributed by atoms with van der Waals surface area (Å²) in [6.45, 7) is 3.90. The molecule has 0 saturated heterocycles. The Morgan fingerprint density at radius 3 is 2.61 bits per heavy atom. The molecule has 4 nitrogen and oxygen atoms in total. The van der Waals surface area contributed by atoms with E-state index in [-0.39, 0.29) is 0 Å². The Hall–Kier alpha value is -2.66. The molecule has 116 valence electrons. The number of benzene rings is 2. The van der Waals surface area contributed by atoms with E-state index >= 15 is 0 Å². The van der Waals surface area contributed by atoms with Crippen LogP contribution in [0.4, 0.5) is 5.69 Å². The number of anilines is 1. The Bertz CT molecular complexity index is 850. The van der Waals surface area contributed by atoms with Crippen LogP contribution < -0.4 is 10.7 Å². The van der Waals surface area contributed by atoms with E-state index in [2.05, 4.69) is 15.8 Å². The van der Waals surface area contributed by atoms with Crippen molar-refractivity contribution in [3.63, 3.8) is 0 Å². The van der Waals surface area contributed by atoms with E-state index in [0.29, 0.717) is 5.11 Å². The standard InChI is InChI=1S/C18H17N3OS/c1-12-7-3-5-9-15(12)19-18(23)21-20-13(2)17-11-14-8-4-6-10-16(14)22-17/h3-11H,1-2H3,(H2,19,21,23)/b20-13-. The van der Waals surface area contributed by atoms with Gasteiger partial charge in [0.15, 0.2) is 10.9 Å². The van der Waals surface area contributed by atoms with E-state index in [4.69, 9.17) is 16.6 Å². The van der Waals surface area contributed by atoms with E-state index in [0.717, 1.165) is 33.7 Å². The fourth-order valence-corrected chi connectivity index (χ4v) is 2.37. The number of aryl methyl sites for hydroxylation is 1. The molecule has 1 aromatic heterocycles. The van der Waals surface area contributed by atoms with Crippen LogP contribution in [0.3, 0.4) is 0 Å². The number of nitrogens with one attached hydrogen (secondary N) is 2. The van der Waals surface area contributed by atoms with Gasteiger partial charge in [0.25, 0.3) is 0 Å². The maximum atomic E-state index is 5.77. The minimum absolute atomic E-state index is 0.440. The van der Waals surface area contributed by atoms with Crippen LogP contribution in [0.25, 0.3) is 11.0 Å². The predicted molar refractivity (Wildman–Crippen MR) is 99.0 cm³/mol. The summed E-state index contributed by atoms with van der Waals surface area (Å²) in [7, 11) is 0. The molecule has 0 unspecified atom stereocenters. The lowest BCUT2D eigenvalue weighted by Gasteiger charge is -2.09. The van der Waals surface area contributed by atoms with Gasteiger partial charge in [0.05, 0.1) is 0 Å². The van der Waals surface area contributed by atoms with Crippen LogP contribution in [0.1, 0.15) is 18.2 Å². The quantitative estimate of drug-likeness (QED) is 0.425. The third-order valence-electron chi connectivity index (χ3n) is 3.50. The summed E-state index contributed by atoms with van der Waals surface area (Å²) in [5.41, 5.74) is 6.51. The second-order valence-electron chi connectivity index (χ2n) is 5.23. The van der Waals surface area contributed by atoms with Gasteiger partial charge in [-0.25, -0.2) is 0 Å². The van der Waals surface area contributed by atoms with E-state index in [1.165, 1.54) is 0 Å². The van der Waals surface area contributed by atoms with Gasteiger partial charge in [0.2, 0.25) is 0 Å². The summed E-state index contributed by atoms with van der Waals surface area (Å²) < 4.78 is 5.77. The zero-order chi connectivity index (χ0) is 16.2. The lowest BCUT2D eigenvalue weighted by Crippen LogP contribution is -2.25. The van der Waals surface area contributed by atoms with Gasteiger partial charge >= 0.3 is 0 Å². The van der Waals surface area contributed by atoms with E-state index < -0.39 is 0 Å². The number of thiocarbonyl (C=S) groups is 1. The summed E-state index contributed by atoms with van der Waals surface area (Å²) in [5, 5.41) is 8.90. The Morgan fingerprint density at radius 1 is 1.09 bits per heavy atom. The molecule has 0 atom stereocenters. The summed E-state index contributed by atoms with van der Waals surface area (Å²) >= 11 is 5.27. The van der Waals surface area contributed by atoms with Crippen molar-refractivity contribution in [3.05, 3.63) is 65.9 Å². The second kappa shape index (κ2) is 6.62. The molecule has 0 amide bonds. The van der Waals surface area contributed by atoms with Crippen LogP contribution in [0.2, 0.25) is 0 Å². The maximum absolute atomic E-state index is 5.77. The summed E-state index contributed by atoms with van der Waals surface area (Å²) in [6.07, 6.45) is 0. The van der Waals surface area contributed by atoms with Crippen molar-refractivity contribution < 1.29 is 4.42 Å². The molecule has 1 heterocycles. The zero-order valence-corrected chi connectivity index (χ0v) is 13.8. The summed E-state index contributed by atoms with van der Waals surface area (Å²) in [6, 6.07) is 17.8. The van der Waals surface area contributed by atoms with Crippen molar-refractivity contribution >= 4 is 39.7 Å². The summed E-state index contributed by atoms with van der Waals surface area (Å²) in [5.74, 6) is 0.720. The number of hydrazone groups is 1. The molecular weight excluding hydrogens is 306 g/mol. The van der Waals surface area contributed by atoms with Crippen molar-refractivity contribution in [2.24, 2.45) is 5.10 Å². The first-order chi connectivity index (χ1) is 11.1. The van der Waals surface area contributed by atoms with Crippen molar-refractivity contribution in [1.29, 1.82) is 0 Å². The highest BCUT2D eigenvalue weighted by Crippen LogP contribution is 2.19. The monoisotopic (exact) mass is 323 g/mol. The van der Waals surface area contributed by atoms with Crippen molar-refractivity contribution in [3.8, 4) is 0 Å². The zero-order valence-electron chi connectivity index (χ0n) is 13.0. The molecule has 2 aromatic carbocycles. The topological polar surface area (TPSA) is 49.6 Å². The number of hydrogen-bond acceptors (Lipinski definition) is 3. The van der Waals surface area contributed by atoms with Gasteiger partial charge in [0.1, 0.15) is 11.3 Å². The first-order valence-corrected chi connectivity index (χ1v) is 7.70. The van der Waals surface area contributed by atoms with Crippen molar-refractivity contribution in [2.45, 2.75) is 13.8 Å². The highest BCUT2D eigenvalue weighted by molar-refractivity contribution is 7.80.